The molecule has 0 radical (unpaired) electrons. The Morgan fingerprint density at radius 3 is 1.91 bits per heavy atom. The van der Waals surface area contributed by atoms with Crippen LogP contribution in [0.2, 0.25) is 0 Å². The molecule has 0 saturated carbocycles. The van der Waals surface area contributed by atoms with E-state index in [-0.39, 0.29) is 18.6 Å². The number of hydrogen-bond donors (Lipinski definition) is 8. The molecule has 2 aromatic rings. The average molecular weight is 601 g/mol. The predicted molar refractivity (Wildman–Crippen MR) is 157 cm³/mol. The second kappa shape index (κ2) is 17.1. The average Bonchev–Trinajstić information content (AvgIpc) is 2.92. The van der Waals surface area contributed by atoms with Crippen molar-refractivity contribution in [1.82, 2.24) is 21.3 Å². The van der Waals surface area contributed by atoms with Gasteiger partial charge < -0.3 is 42.9 Å². The molecule has 2 aromatic carbocycles. The summed E-state index contributed by atoms with van der Waals surface area (Å²) in [5.41, 5.74) is 11.4. The first kappa shape index (κ1) is 36.0. The van der Waals surface area contributed by atoms with Gasteiger partial charge in [-0.05, 0) is 50.5 Å². The first-order valence-electron chi connectivity index (χ1n) is 13.3. The molecule has 5 amide bonds. The van der Waals surface area contributed by atoms with Crippen LogP contribution in [-0.2, 0) is 41.6 Å². The lowest BCUT2D eigenvalue weighted by molar-refractivity contribution is -0.134. The highest BCUT2D eigenvalue weighted by atomic mass is 16.4. The van der Waals surface area contributed by atoms with Crippen molar-refractivity contribution in [1.29, 1.82) is 0 Å². The van der Waals surface area contributed by atoms with E-state index >= 15 is 0 Å². The van der Waals surface area contributed by atoms with E-state index in [1.54, 1.807) is 36.4 Å². The van der Waals surface area contributed by atoms with Gasteiger partial charge in [-0.15, -0.1) is 0 Å². The van der Waals surface area contributed by atoms with Gasteiger partial charge in [0, 0.05) is 13.3 Å². The summed E-state index contributed by atoms with van der Waals surface area (Å²) in [6.45, 7) is 4.95. The molecule has 3 atom stereocenters. The maximum Gasteiger partial charge on any atom is 0.300 e. The topological polar surface area (TPSA) is 243 Å². The fourth-order valence-corrected chi connectivity index (χ4v) is 3.45. The van der Waals surface area contributed by atoms with Crippen molar-refractivity contribution in [2.24, 2.45) is 11.5 Å². The highest BCUT2D eigenvalue weighted by Gasteiger charge is 2.31. The van der Waals surface area contributed by atoms with E-state index in [0.29, 0.717) is 0 Å². The number of carbonyl (C=O) groups is 6. The number of nitrogens with one attached hydrogen (secondary N) is 4. The third kappa shape index (κ3) is 14.0. The normalized spacial score (nSPS) is 12.7. The quantitative estimate of drug-likeness (QED) is 0.141. The van der Waals surface area contributed by atoms with E-state index < -0.39 is 65.7 Å². The molecule has 43 heavy (non-hydrogen) atoms. The lowest BCUT2D eigenvalue weighted by atomic mass is 10.0. The standard InChI is InChI=1S/C27H36N6O6.C2H4O2/c1-16(31-24(37)20(28)13-18-9-11-19(34)12-10-18)23(36)30-15-22(35)32-21(14-17-7-5-4-6-8-17)25(38)33-27(2,3)26(29)39;1-2(3)4/h4-12,16,20-21,34H,13-15,28H2,1-3H3,(H2,29,39)(H,30,36)(H,31,37)(H,32,35)(H,33,38);1H3,(H,3,4)/t16-,20?,21+;/m1./s1. The summed E-state index contributed by atoms with van der Waals surface area (Å²) >= 11 is 0. The van der Waals surface area contributed by atoms with Gasteiger partial charge in [0.2, 0.25) is 29.5 Å². The Morgan fingerprint density at radius 2 is 1.37 bits per heavy atom. The summed E-state index contributed by atoms with van der Waals surface area (Å²) in [5, 5.41) is 26.8. The number of aliphatic carboxylic acids is 1. The molecule has 0 aromatic heterocycles. The van der Waals surface area contributed by atoms with Gasteiger partial charge in [0.05, 0.1) is 12.6 Å². The van der Waals surface area contributed by atoms with Gasteiger partial charge in [0.1, 0.15) is 23.4 Å². The summed E-state index contributed by atoms with van der Waals surface area (Å²) in [5.74, 6) is -3.95. The largest absolute Gasteiger partial charge is 0.508 e. The van der Waals surface area contributed by atoms with Crippen LogP contribution in [0.5, 0.6) is 5.75 Å². The van der Waals surface area contributed by atoms with Gasteiger partial charge in [-0.2, -0.15) is 0 Å². The van der Waals surface area contributed by atoms with Crippen molar-refractivity contribution < 1.29 is 39.0 Å². The lowest BCUT2D eigenvalue weighted by Crippen LogP contribution is -2.59. The van der Waals surface area contributed by atoms with Crippen LogP contribution in [0.15, 0.2) is 54.6 Å². The number of amides is 5. The van der Waals surface area contributed by atoms with Crippen molar-refractivity contribution in [3.8, 4) is 5.75 Å². The third-order valence-electron chi connectivity index (χ3n) is 5.89. The van der Waals surface area contributed by atoms with E-state index in [2.05, 4.69) is 21.3 Å². The van der Waals surface area contributed by atoms with Crippen LogP contribution >= 0.6 is 0 Å². The Bertz CT molecular complexity index is 1260. The molecular formula is C29H40N6O8. The van der Waals surface area contributed by atoms with E-state index in [1.807, 2.05) is 6.07 Å². The van der Waals surface area contributed by atoms with Gasteiger partial charge >= 0.3 is 0 Å². The highest BCUT2D eigenvalue weighted by Crippen LogP contribution is 2.11. The molecule has 10 N–H and O–H groups in total. The Balaban J connectivity index is 0.00000217. The molecule has 0 aliphatic heterocycles. The molecular weight excluding hydrogens is 560 g/mol. The first-order chi connectivity index (χ1) is 20.0. The fraction of sp³-hybridized carbons (Fsp3) is 0.379. The van der Waals surface area contributed by atoms with Crippen molar-refractivity contribution >= 4 is 35.5 Å². The molecule has 0 aliphatic carbocycles. The Morgan fingerprint density at radius 1 is 0.837 bits per heavy atom. The number of primary amides is 1. The number of benzene rings is 2. The summed E-state index contributed by atoms with van der Waals surface area (Å²) in [7, 11) is 0. The number of hydrogen-bond acceptors (Lipinski definition) is 8. The van der Waals surface area contributed by atoms with E-state index in [0.717, 1.165) is 18.1 Å². The van der Waals surface area contributed by atoms with Crippen LogP contribution in [0.3, 0.4) is 0 Å². The first-order valence-corrected chi connectivity index (χ1v) is 13.3. The Hall–Kier alpha value is -4.98. The van der Waals surface area contributed by atoms with Gasteiger partial charge in [-0.25, -0.2) is 0 Å². The third-order valence-corrected chi connectivity index (χ3v) is 5.89. The Labute approximate surface area is 249 Å². The SMILES string of the molecule is CC(=O)O.C[C@@H](NC(=O)C(N)Cc1ccc(O)cc1)C(=O)NCC(=O)N[C@@H](Cc1ccccc1)C(=O)NC(C)(C)C(N)=O. The molecule has 0 saturated heterocycles. The van der Waals surface area contributed by atoms with Crippen LogP contribution in [0.1, 0.15) is 38.8 Å². The summed E-state index contributed by atoms with van der Waals surface area (Å²) in [4.78, 5) is 71.0. The number of phenolic OH excluding ortho intramolecular Hbond substituents is 1. The van der Waals surface area contributed by atoms with Crippen LogP contribution in [0.4, 0.5) is 0 Å². The minimum absolute atomic E-state index is 0.0904. The molecule has 1 unspecified atom stereocenters. The van der Waals surface area contributed by atoms with Gasteiger partial charge in [0.25, 0.3) is 5.97 Å². The number of carboxylic acid groups (broad SMARTS) is 1. The predicted octanol–water partition coefficient (Wildman–Crippen LogP) is -0.919. The highest BCUT2D eigenvalue weighted by molar-refractivity contribution is 5.95. The molecule has 234 valence electrons. The van der Waals surface area contributed by atoms with Crippen molar-refractivity contribution in [3.05, 3.63) is 65.7 Å². The van der Waals surface area contributed by atoms with E-state index in [4.69, 9.17) is 21.4 Å². The number of aromatic hydroxyl groups is 1. The van der Waals surface area contributed by atoms with Crippen LogP contribution in [-0.4, -0.2) is 75.9 Å². The van der Waals surface area contributed by atoms with E-state index in [9.17, 15) is 29.1 Å². The van der Waals surface area contributed by atoms with Crippen molar-refractivity contribution in [2.75, 3.05) is 6.54 Å². The fourth-order valence-electron chi connectivity index (χ4n) is 3.45. The zero-order valence-electron chi connectivity index (χ0n) is 24.5. The number of phenols is 1. The van der Waals surface area contributed by atoms with Gasteiger partial charge in [-0.3, -0.25) is 28.8 Å². The smallest absolute Gasteiger partial charge is 0.300 e. The van der Waals surface area contributed by atoms with Gasteiger partial charge in [0.15, 0.2) is 0 Å². The summed E-state index contributed by atoms with van der Waals surface area (Å²) < 4.78 is 0. The number of carbonyl (C=O) groups excluding carboxylic acids is 5. The molecule has 0 bridgehead atoms. The minimum Gasteiger partial charge on any atom is -0.508 e. The number of carboxylic acids is 1. The monoisotopic (exact) mass is 600 g/mol. The summed E-state index contributed by atoms with van der Waals surface area (Å²) in [6, 6.07) is 12.2. The zero-order valence-corrected chi connectivity index (χ0v) is 24.5. The van der Waals surface area contributed by atoms with Gasteiger partial charge in [-0.1, -0.05) is 42.5 Å². The van der Waals surface area contributed by atoms with E-state index in [1.165, 1.54) is 32.9 Å². The van der Waals surface area contributed by atoms with Crippen LogP contribution in [0.25, 0.3) is 0 Å². The molecule has 2 rings (SSSR count). The van der Waals surface area contributed by atoms with Crippen LogP contribution < -0.4 is 32.7 Å². The molecule has 0 fully saturated rings. The van der Waals surface area contributed by atoms with Crippen LogP contribution in [0, 0.1) is 0 Å². The number of nitrogens with two attached hydrogens (primary N) is 2. The lowest BCUT2D eigenvalue weighted by Gasteiger charge is -2.26. The second-order valence-corrected chi connectivity index (χ2v) is 10.2. The van der Waals surface area contributed by atoms with Crippen molar-refractivity contribution in [3.63, 3.8) is 0 Å². The molecule has 14 heteroatoms. The van der Waals surface area contributed by atoms with Crippen molar-refractivity contribution in [2.45, 2.75) is 64.2 Å². The second-order valence-electron chi connectivity index (χ2n) is 10.2. The number of rotatable bonds is 13. The zero-order chi connectivity index (χ0) is 32.7. The maximum absolute atomic E-state index is 12.9. The summed E-state index contributed by atoms with van der Waals surface area (Å²) in [6.07, 6.45) is 0.326. The molecule has 0 aliphatic rings. The minimum atomic E-state index is -1.35. The Kier molecular flexibility index (Phi) is 14.3. The maximum atomic E-state index is 12.9. The molecule has 0 spiro atoms. The molecule has 0 heterocycles. The molecule has 14 nitrogen and oxygen atoms in total.